The van der Waals surface area contributed by atoms with Crippen molar-refractivity contribution >= 4 is 17.4 Å². The van der Waals surface area contributed by atoms with E-state index in [1.165, 1.54) is 10.7 Å². The Balaban J connectivity index is 1.77. The molecule has 0 saturated carbocycles. The van der Waals surface area contributed by atoms with E-state index in [0.29, 0.717) is 6.54 Å². The number of hydrogen-bond acceptors (Lipinski definition) is 4. The Kier molecular flexibility index (Phi) is 5.79. The number of hydrogen-bond donors (Lipinski definition) is 1. The van der Waals surface area contributed by atoms with E-state index < -0.39 is 0 Å². The molecule has 0 aliphatic carbocycles. The van der Waals surface area contributed by atoms with Crippen LogP contribution in [-0.4, -0.2) is 53.5 Å². The van der Waals surface area contributed by atoms with E-state index in [1.54, 1.807) is 11.3 Å². The number of nitrogens with one attached hydrogen (secondary N) is 1. The van der Waals surface area contributed by atoms with Crippen LogP contribution in [0.5, 0.6) is 0 Å². The third-order valence-corrected chi connectivity index (χ3v) is 4.39. The van der Waals surface area contributed by atoms with E-state index in [9.17, 15) is 4.79 Å². The maximum Gasteiger partial charge on any atom is 0.317 e. The Morgan fingerprint density at radius 2 is 2.10 bits per heavy atom. The number of piperazine rings is 1. The number of rotatable bonds is 5. The van der Waals surface area contributed by atoms with Crippen molar-refractivity contribution in [3.63, 3.8) is 0 Å². The molecular formula is C14H24N4OS. The van der Waals surface area contributed by atoms with E-state index in [4.69, 9.17) is 0 Å². The van der Waals surface area contributed by atoms with E-state index in [2.05, 4.69) is 27.5 Å². The highest BCUT2D eigenvalue weighted by Crippen LogP contribution is 2.14. The standard InChI is InChI=1S/C14H24N4OS/c1-3-5-13-16-12(11-20-13)10-17-6-8-18(9-7-17)14(19)15-4-2/h11H,3-10H2,1-2H3,(H,15,19). The fourth-order valence-corrected chi connectivity index (χ4v) is 3.24. The molecule has 5 nitrogen and oxygen atoms in total. The third kappa shape index (κ3) is 4.18. The summed E-state index contributed by atoms with van der Waals surface area (Å²) in [5.41, 5.74) is 1.17. The van der Waals surface area contributed by atoms with Gasteiger partial charge in [-0.15, -0.1) is 11.3 Å². The molecule has 1 fully saturated rings. The van der Waals surface area contributed by atoms with Gasteiger partial charge in [0.2, 0.25) is 0 Å². The van der Waals surface area contributed by atoms with Gasteiger partial charge in [0.1, 0.15) is 0 Å². The molecular weight excluding hydrogens is 272 g/mol. The highest BCUT2D eigenvalue weighted by molar-refractivity contribution is 7.09. The molecule has 112 valence electrons. The zero-order valence-electron chi connectivity index (χ0n) is 12.4. The monoisotopic (exact) mass is 296 g/mol. The van der Waals surface area contributed by atoms with Gasteiger partial charge in [-0.3, -0.25) is 4.90 Å². The fraction of sp³-hybridized carbons (Fsp3) is 0.714. The Morgan fingerprint density at radius 1 is 1.35 bits per heavy atom. The van der Waals surface area contributed by atoms with Crippen molar-refractivity contribution in [2.75, 3.05) is 32.7 Å². The van der Waals surface area contributed by atoms with Crippen LogP contribution in [0, 0.1) is 0 Å². The Hall–Kier alpha value is -1.14. The van der Waals surface area contributed by atoms with Crippen LogP contribution in [0.4, 0.5) is 4.79 Å². The number of carbonyl (C=O) groups excluding carboxylic acids is 1. The summed E-state index contributed by atoms with van der Waals surface area (Å²) >= 11 is 1.76. The van der Waals surface area contributed by atoms with Crippen LogP contribution in [-0.2, 0) is 13.0 Å². The quantitative estimate of drug-likeness (QED) is 0.903. The first-order valence-corrected chi connectivity index (χ1v) is 8.29. The summed E-state index contributed by atoms with van der Waals surface area (Å²) in [6, 6.07) is 0.0611. The van der Waals surface area contributed by atoms with Crippen LogP contribution in [0.25, 0.3) is 0 Å². The smallest absolute Gasteiger partial charge is 0.317 e. The summed E-state index contributed by atoms with van der Waals surface area (Å²) in [5, 5.41) is 6.26. The normalized spacial score (nSPS) is 16.4. The number of nitrogens with zero attached hydrogens (tertiary/aromatic N) is 3. The maximum atomic E-state index is 11.7. The molecule has 0 radical (unpaired) electrons. The molecule has 2 rings (SSSR count). The zero-order valence-corrected chi connectivity index (χ0v) is 13.2. The second-order valence-electron chi connectivity index (χ2n) is 5.08. The van der Waals surface area contributed by atoms with Crippen LogP contribution < -0.4 is 5.32 Å². The molecule has 2 heterocycles. The van der Waals surface area contributed by atoms with Gasteiger partial charge in [0.25, 0.3) is 0 Å². The summed E-state index contributed by atoms with van der Waals surface area (Å²) in [5.74, 6) is 0. The summed E-state index contributed by atoms with van der Waals surface area (Å²) in [6.07, 6.45) is 2.23. The Morgan fingerprint density at radius 3 is 2.75 bits per heavy atom. The molecule has 1 aromatic rings. The van der Waals surface area contributed by atoms with Gasteiger partial charge < -0.3 is 10.2 Å². The van der Waals surface area contributed by atoms with Gasteiger partial charge in [-0.1, -0.05) is 6.92 Å². The molecule has 1 aromatic heterocycles. The van der Waals surface area contributed by atoms with Gasteiger partial charge in [0.05, 0.1) is 10.7 Å². The molecule has 2 amide bonds. The highest BCUT2D eigenvalue weighted by Gasteiger charge is 2.21. The van der Waals surface area contributed by atoms with Crippen LogP contribution in [0.1, 0.15) is 31.0 Å². The average Bonchev–Trinajstić information content (AvgIpc) is 2.88. The molecule has 1 aliphatic heterocycles. The predicted octanol–water partition coefficient (Wildman–Crippen LogP) is 1.94. The third-order valence-electron chi connectivity index (χ3n) is 3.44. The van der Waals surface area contributed by atoms with Gasteiger partial charge in [-0.05, 0) is 19.8 Å². The summed E-state index contributed by atoms with van der Waals surface area (Å²) in [4.78, 5) is 20.7. The first-order valence-electron chi connectivity index (χ1n) is 7.41. The lowest BCUT2D eigenvalue weighted by molar-refractivity contribution is 0.135. The summed E-state index contributed by atoms with van der Waals surface area (Å²) < 4.78 is 0. The van der Waals surface area contributed by atoms with Crippen molar-refractivity contribution in [1.29, 1.82) is 0 Å². The molecule has 1 N–H and O–H groups in total. The minimum atomic E-state index is 0.0611. The lowest BCUT2D eigenvalue weighted by Gasteiger charge is -2.34. The number of aryl methyl sites for hydroxylation is 1. The summed E-state index contributed by atoms with van der Waals surface area (Å²) in [6.45, 7) is 9.19. The molecule has 1 saturated heterocycles. The van der Waals surface area contributed by atoms with Crippen LogP contribution in [0.3, 0.4) is 0 Å². The largest absolute Gasteiger partial charge is 0.338 e. The van der Waals surface area contributed by atoms with Gasteiger partial charge >= 0.3 is 6.03 Å². The first kappa shape index (κ1) is 15.3. The van der Waals surface area contributed by atoms with Gasteiger partial charge in [-0.25, -0.2) is 9.78 Å². The minimum Gasteiger partial charge on any atom is -0.338 e. The number of amides is 2. The van der Waals surface area contributed by atoms with E-state index >= 15 is 0 Å². The predicted molar refractivity (Wildman–Crippen MR) is 82.0 cm³/mol. The SMILES string of the molecule is CCCc1nc(CN2CCN(C(=O)NCC)CC2)cs1. The van der Waals surface area contributed by atoms with E-state index in [-0.39, 0.29) is 6.03 Å². The molecule has 0 aromatic carbocycles. The summed E-state index contributed by atoms with van der Waals surface area (Å²) in [7, 11) is 0. The van der Waals surface area contributed by atoms with Crippen molar-refractivity contribution in [3.05, 3.63) is 16.1 Å². The van der Waals surface area contributed by atoms with Gasteiger partial charge in [0, 0.05) is 44.6 Å². The topological polar surface area (TPSA) is 48.5 Å². The van der Waals surface area contributed by atoms with E-state index in [0.717, 1.165) is 45.6 Å². The minimum absolute atomic E-state index is 0.0611. The van der Waals surface area contributed by atoms with Crippen LogP contribution >= 0.6 is 11.3 Å². The second kappa shape index (κ2) is 7.59. The van der Waals surface area contributed by atoms with Gasteiger partial charge in [0.15, 0.2) is 0 Å². The lowest BCUT2D eigenvalue weighted by Crippen LogP contribution is -2.51. The molecule has 0 spiro atoms. The molecule has 1 aliphatic rings. The van der Waals surface area contributed by atoms with Crippen LogP contribution in [0.2, 0.25) is 0 Å². The van der Waals surface area contributed by atoms with Crippen molar-refractivity contribution in [2.45, 2.75) is 33.2 Å². The van der Waals surface area contributed by atoms with Crippen molar-refractivity contribution in [2.24, 2.45) is 0 Å². The fourth-order valence-electron chi connectivity index (χ4n) is 2.35. The number of thiazole rings is 1. The average molecular weight is 296 g/mol. The van der Waals surface area contributed by atoms with Crippen molar-refractivity contribution in [1.82, 2.24) is 20.1 Å². The second-order valence-corrected chi connectivity index (χ2v) is 6.02. The van der Waals surface area contributed by atoms with E-state index in [1.807, 2.05) is 11.8 Å². The van der Waals surface area contributed by atoms with Gasteiger partial charge in [-0.2, -0.15) is 0 Å². The number of urea groups is 1. The number of aromatic nitrogens is 1. The molecule has 0 atom stereocenters. The molecule has 20 heavy (non-hydrogen) atoms. The molecule has 6 heteroatoms. The zero-order chi connectivity index (χ0) is 14.4. The molecule has 0 unspecified atom stereocenters. The highest BCUT2D eigenvalue weighted by atomic mass is 32.1. The Bertz CT molecular complexity index is 427. The Labute approximate surface area is 125 Å². The number of carbonyl (C=O) groups is 1. The maximum absolute atomic E-state index is 11.7. The van der Waals surface area contributed by atoms with Crippen LogP contribution in [0.15, 0.2) is 5.38 Å². The molecule has 0 bridgehead atoms. The first-order chi connectivity index (χ1) is 9.72. The van der Waals surface area contributed by atoms with Crippen molar-refractivity contribution in [3.8, 4) is 0 Å². The lowest BCUT2D eigenvalue weighted by atomic mass is 10.3. The van der Waals surface area contributed by atoms with Crippen molar-refractivity contribution < 1.29 is 4.79 Å².